The molecule has 0 aliphatic heterocycles. The van der Waals surface area contributed by atoms with Gasteiger partial charge in [-0.15, -0.1) is 12.6 Å². The third-order valence-electron chi connectivity index (χ3n) is 2.22. The number of fused-ring (bicyclic) bond motifs is 1. The standard InChI is InChI=1S/C8H7N.C6H6S/c1-2-4-8-7(3-1)5-6-9-8;7-6-4-2-1-3-5-6/h1-6,9H;1-5,7H. The van der Waals surface area contributed by atoms with Crippen molar-refractivity contribution in [3.8, 4) is 0 Å². The van der Waals surface area contributed by atoms with Crippen LogP contribution in [-0.4, -0.2) is 4.98 Å². The smallest absolute Gasteiger partial charge is 0.0453 e. The molecule has 0 atom stereocenters. The van der Waals surface area contributed by atoms with E-state index >= 15 is 0 Å². The molecule has 1 heterocycles. The molecular formula is C14H13NS. The molecule has 0 spiro atoms. The Hall–Kier alpha value is -1.67. The molecule has 0 saturated heterocycles. The van der Waals surface area contributed by atoms with Gasteiger partial charge in [-0.25, -0.2) is 0 Å². The Bertz CT molecular complexity index is 512. The molecule has 0 unspecified atom stereocenters. The van der Waals surface area contributed by atoms with E-state index in [1.807, 2.05) is 48.7 Å². The van der Waals surface area contributed by atoms with Crippen LogP contribution in [0.15, 0.2) is 71.8 Å². The molecule has 16 heavy (non-hydrogen) atoms. The SMILES string of the molecule is Sc1ccccc1.c1ccc2[nH]ccc2c1. The number of nitrogens with one attached hydrogen (secondary N) is 1. The maximum absolute atomic E-state index is 4.08. The molecule has 3 aromatic rings. The molecular weight excluding hydrogens is 214 g/mol. The van der Waals surface area contributed by atoms with E-state index in [1.54, 1.807) is 0 Å². The van der Waals surface area contributed by atoms with Gasteiger partial charge < -0.3 is 4.98 Å². The molecule has 0 bridgehead atoms. The first-order valence-electron chi connectivity index (χ1n) is 5.12. The summed E-state index contributed by atoms with van der Waals surface area (Å²) in [5.74, 6) is 0. The second-order valence-corrected chi connectivity index (χ2v) is 3.92. The van der Waals surface area contributed by atoms with Crippen LogP contribution < -0.4 is 0 Å². The molecule has 0 amide bonds. The number of para-hydroxylation sites is 1. The van der Waals surface area contributed by atoms with Crippen LogP contribution in [0.1, 0.15) is 0 Å². The Kier molecular flexibility index (Phi) is 3.67. The first-order chi connectivity index (χ1) is 7.86. The van der Waals surface area contributed by atoms with E-state index in [0.717, 1.165) is 4.90 Å². The van der Waals surface area contributed by atoms with Crippen LogP contribution in [0.25, 0.3) is 10.9 Å². The van der Waals surface area contributed by atoms with Crippen molar-refractivity contribution in [2.24, 2.45) is 0 Å². The van der Waals surface area contributed by atoms with Crippen LogP contribution in [0.5, 0.6) is 0 Å². The Morgan fingerprint density at radius 2 is 1.44 bits per heavy atom. The predicted molar refractivity (Wildman–Crippen MR) is 72.0 cm³/mol. The maximum Gasteiger partial charge on any atom is 0.0453 e. The number of hydrogen-bond donors (Lipinski definition) is 2. The van der Waals surface area contributed by atoms with Crippen LogP contribution in [0.3, 0.4) is 0 Å². The zero-order valence-corrected chi connectivity index (χ0v) is 9.69. The van der Waals surface area contributed by atoms with Crippen LogP contribution in [0.4, 0.5) is 0 Å². The summed E-state index contributed by atoms with van der Waals surface area (Å²) in [6, 6.07) is 20.1. The van der Waals surface area contributed by atoms with E-state index in [2.05, 4.69) is 35.8 Å². The first kappa shape index (κ1) is 10.8. The summed E-state index contributed by atoms with van der Waals surface area (Å²) >= 11 is 4.08. The fourth-order valence-corrected chi connectivity index (χ4v) is 1.60. The van der Waals surface area contributed by atoms with Gasteiger partial charge in [0.05, 0.1) is 0 Å². The molecule has 1 nitrogen and oxygen atoms in total. The number of benzene rings is 2. The van der Waals surface area contributed by atoms with Gasteiger partial charge in [-0.05, 0) is 29.7 Å². The molecule has 80 valence electrons. The van der Waals surface area contributed by atoms with Gasteiger partial charge in [-0.3, -0.25) is 0 Å². The highest BCUT2D eigenvalue weighted by molar-refractivity contribution is 7.80. The first-order valence-corrected chi connectivity index (χ1v) is 5.57. The van der Waals surface area contributed by atoms with Crippen molar-refractivity contribution >= 4 is 23.5 Å². The van der Waals surface area contributed by atoms with E-state index in [4.69, 9.17) is 0 Å². The molecule has 0 aliphatic rings. The minimum atomic E-state index is 1.02. The second-order valence-electron chi connectivity index (χ2n) is 3.40. The fraction of sp³-hybridized carbons (Fsp3) is 0. The summed E-state index contributed by atoms with van der Waals surface area (Å²) < 4.78 is 0. The number of rotatable bonds is 0. The van der Waals surface area contributed by atoms with E-state index in [1.165, 1.54) is 10.9 Å². The summed E-state index contributed by atoms with van der Waals surface area (Å²) in [7, 11) is 0. The van der Waals surface area contributed by atoms with Gasteiger partial charge >= 0.3 is 0 Å². The fourth-order valence-electron chi connectivity index (χ4n) is 1.42. The summed E-state index contributed by atoms with van der Waals surface area (Å²) in [5.41, 5.74) is 1.21. The molecule has 3 rings (SSSR count). The highest BCUT2D eigenvalue weighted by Crippen LogP contribution is 2.09. The highest BCUT2D eigenvalue weighted by atomic mass is 32.1. The minimum absolute atomic E-state index is 1.02. The van der Waals surface area contributed by atoms with Gasteiger partial charge in [0.25, 0.3) is 0 Å². The minimum Gasteiger partial charge on any atom is -0.361 e. The summed E-state index contributed by atoms with van der Waals surface area (Å²) in [6.45, 7) is 0. The van der Waals surface area contributed by atoms with Gasteiger partial charge in [-0.2, -0.15) is 0 Å². The predicted octanol–water partition coefficient (Wildman–Crippen LogP) is 4.14. The average molecular weight is 227 g/mol. The van der Waals surface area contributed by atoms with Crippen LogP contribution in [-0.2, 0) is 0 Å². The van der Waals surface area contributed by atoms with Crippen molar-refractivity contribution in [1.29, 1.82) is 0 Å². The number of hydrogen-bond acceptors (Lipinski definition) is 1. The maximum atomic E-state index is 4.08. The largest absolute Gasteiger partial charge is 0.361 e. The lowest BCUT2D eigenvalue weighted by Crippen LogP contribution is -1.61. The zero-order chi connectivity index (χ0) is 11.2. The molecule has 1 aromatic heterocycles. The number of H-pyrrole nitrogens is 1. The third-order valence-corrected chi connectivity index (χ3v) is 2.52. The average Bonchev–Trinajstić information content (AvgIpc) is 2.79. The van der Waals surface area contributed by atoms with E-state index in [9.17, 15) is 0 Å². The van der Waals surface area contributed by atoms with Crippen molar-refractivity contribution in [2.75, 3.05) is 0 Å². The third kappa shape index (κ3) is 2.91. The van der Waals surface area contributed by atoms with Crippen molar-refractivity contribution < 1.29 is 0 Å². The Balaban J connectivity index is 0.000000125. The zero-order valence-electron chi connectivity index (χ0n) is 8.80. The molecule has 0 radical (unpaired) electrons. The van der Waals surface area contributed by atoms with Gasteiger partial charge in [-0.1, -0.05) is 36.4 Å². The summed E-state index contributed by atoms with van der Waals surface area (Å²) in [5, 5.41) is 1.28. The van der Waals surface area contributed by atoms with Gasteiger partial charge in [0.2, 0.25) is 0 Å². The lowest BCUT2D eigenvalue weighted by atomic mass is 10.3. The van der Waals surface area contributed by atoms with Gasteiger partial charge in [0.1, 0.15) is 0 Å². The Morgan fingerprint density at radius 1 is 0.750 bits per heavy atom. The topological polar surface area (TPSA) is 15.8 Å². The molecule has 0 saturated carbocycles. The highest BCUT2D eigenvalue weighted by Gasteiger charge is 1.86. The molecule has 2 heteroatoms. The van der Waals surface area contributed by atoms with Crippen molar-refractivity contribution in [3.05, 3.63) is 66.9 Å². The Morgan fingerprint density at radius 3 is 2.06 bits per heavy atom. The molecule has 0 aliphatic carbocycles. The van der Waals surface area contributed by atoms with Crippen LogP contribution in [0.2, 0.25) is 0 Å². The lowest BCUT2D eigenvalue weighted by molar-refractivity contribution is 1.48. The van der Waals surface area contributed by atoms with E-state index in [-0.39, 0.29) is 0 Å². The monoisotopic (exact) mass is 227 g/mol. The summed E-state index contributed by atoms with van der Waals surface area (Å²) in [6.07, 6.45) is 1.95. The van der Waals surface area contributed by atoms with Crippen LogP contribution >= 0.6 is 12.6 Å². The number of aromatic nitrogens is 1. The lowest BCUT2D eigenvalue weighted by Gasteiger charge is -1.83. The molecule has 2 aromatic carbocycles. The normalized spacial score (nSPS) is 9.56. The number of aromatic amines is 1. The molecule has 0 fully saturated rings. The van der Waals surface area contributed by atoms with Crippen molar-refractivity contribution in [3.63, 3.8) is 0 Å². The second kappa shape index (κ2) is 5.42. The van der Waals surface area contributed by atoms with E-state index < -0.39 is 0 Å². The Labute approximate surface area is 101 Å². The number of thiol groups is 1. The van der Waals surface area contributed by atoms with Gasteiger partial charge in [0.15, 0.2) is 0 Å². The van der Waals surface area contributed by atoms with Crippen molar-refractivity contribution in [1.82, 2.24) is 4.98 Å². The molecule has 1 N–H and O–H groups in total. The van der Waals surface area contributed by atoms with Crippen molar-refractivity contribution in [2.45, 2.75) is 4.90 Å². The van der Waals surface area contributed by atoms with Crippen LogP contribution in [0, 0.1) is 0 Å². The van der Waals surface area contributed by atoms with E-state index in [0.29, 0.717) is 0 Å². The quantitative estimate of drug-likeness (QED) is 0.537. The van der Waals surface area contributed by atoms with Gasteiger partial charge in [0, 0.05) is 16.6 Å². The summed E-state index contributed by atoms with van der Waals surface area (Å²) in [4.78, 5) is 4.14.